The van der Waals surface area contributed by atoms with E-state index in [0.29, 0.717) is 6.54 Å². The number of rotatable bonds is 5. The van der Waals surface area contributed by atoms with Gasteiger partial charge in [0.05, 0.1) is 13.2 Å². The maximum atomic E-state index is 10.8. The van der Waals surface area contributed by atoms with Gasteiger partial charge < -0.3 is 4.74 Å². The Morgan fingerprint density at radius 2 is 2.17 bits per heavy atom. The Kier molecular flexibility index (Phi) is 6.32. The Morgan fingerprint density at radius 3 is 2.58 bits per heavy atom. The summed E-state index contributed by atoms with van der Waals surface area (Å²) in [5.41, 5.74) is 2.65. The normalized spacial score (nSPS) is 13.1. The first-order valence-electron chi connectivity index (χ1n) is 3.68. The quantitative estimate of drug-likeness (QED) is 0.439. The van der Waals surface area contributed by atoms with Gasteiger partial charge in [-0.1, -0.05) is 15.9 Å². The average molecular weight is 240 g/mol. The van der Waals surface area contributed by atoms with Crippen molar-refractivity contribution < 1.29 is 14.4 Å². The van der Waals surface area contributed by atoms with Gasteiger partial charge in [0.25, 0.3) is 0 Å². The molecule has 0 aliphatic carbocycles. The van der Waals surface area contributed by atoms with Crippen LogP contribution in [0.3, 0.4) is 0 Å². The number of ether oxygens (including phenoxy) is 1. The topological polar surface area (TPSA) is 47.6 Å². The minimum atomic E-state index is -0.360. The van der Waals surface area contributed by atoms with Crippen LogP contribution >= 0.6 is 15.9 Å². The highest BCUT2D eigenvalue weighted by Gasteiger charge is 2.14. The van der Waals surface area contributed by atoms with E-state index in [1.54, 1.807) is 0 Å². The zero-order valence-corrected chi connectivity index (χ0v) is 9.05. The van der Waals surface area contributed by atoms with Crippen molar-refractivity contribution in [1.82, 2.24) is 5.48 Å². The predicted molar refractivity (Wildman–Crippen MR) is 49.0 cm³/mol. The van der Waals surface area contributed by atoms with E-state index < -0.39 is 0 Å². The van der Waals surface area contributed by atoms with E-state index in [1.807, 2.05) is 13.8 Å². The molecular formula is C7H14BrNO3. The third-order valence-corrected chi connectivity index (χ3v) is 1.74. The van der Waals surface area contributed by atoms with Gasteiger partial charge >= 0.3 is 5.97 Å². The maximum Gasteiger partial charge on any atom is 0.320 e. The molecule has 0 aromatic rings. The molecule has 5 heteroatoms. The lowest BCUT2D eigenvalue weighted by molar-refractivity contribution is -0.140. The van der Waals surface area contributed by atoms with Gasteiger partial charge in [-0.25, -0.2) is 5.48 Å². The second-order valence-electron chi connectivity index (χ2n) is 2.51. The number of halogens is 1. The van der Waals surface area contributed by atoms with E-state index in [1.165, 1.54) is 7.11 Å². The summed E-state index contributed by atoms with van der Waals surface area (Å²) in [4.78, 5) is 15.5. The third kappa shape index (κ3) is 5.51. The monoisotopic (exact) mass is 239 g/mol. The van der Waals surface area contributed by atoms with E-state index in [0.717, 1.165) is 0 Å². The summed E-state index contributed by atoms with van der Waals surface area (Å²) in [6.07, 6.45) is 0.0994. The molecule has 1 unspecified atom stereocenters. The Bertz CT molecular complexity index is 141. The van der Waals surface area contributed by atoms with Gasteiger partial charge in [0, 0.05) is 6.54 Å². The third-order valence-electron chi connectivity index (χ3n) is 1.04. The first-order chi connectivity index (χ1) is 5.57. The largest absolute Gasteiger partial charge is 0.468 e. The number of nitrogens with one attached hydrogen (secondary N) is 1. The molecule has 12 heavy (non-hydrogen) atoms. The lowest BCUT2D eigenvalue weighted by Gasteiger charge is -2.10. The smallest absolute Gasteiger partial charge is 0.320 e. The van der Waals surface area contributed by atoms with Crippen LogP contribution in [-0.4, -0.2) is 30.6 Å². The van der Waals surface area contributed by atoms with Crippen LogP contribution in [0, 0.1) is 0 Å². The highest BCUT2D eigenvalue weighted by molar-refractivity contribution is 9.10. The molecule has 0 amide bonds. The Morgan fingerprint density at radius 1 is 1.58 bits per heavy atom. The van der Waals surface area contributed by atoms with Crippen LogP contribution in [0.15, 0.2) is 0 Å². The summed E-state index contributed by atoms with van der Waals surface area (Å²) in [5.74, 6) is -0.310. The molecule has 0 aliphatic rings. The summed E-state index contributed by atoms with van der Waals surface area (Å²) >= 11 is 3.14. The first kappa shape index (κ1) is 11.9. The minimum Gasteiger partial charge on any atom is -0.468 e. The number of methoxy groups -OCH3 is 1. The van der Waals surface area contributed by atoms with Gasteiger partial charge in [-0.15, -0.1) is 0 Å². The molecule has 0 aliphatic heterocycles. The Labute approximate surface area is 80.7 Å². The number of alkyl halides is 1. The summed E-state index contributed by atoms with van der Waals surface area (Å²) in [6.45, 7) is 4.19. The molecule has 0 bridgehead atoms. The van der Waals surface area contributed by atoms with Crippen LogP contribution in [0.4, 0.5) is 0 Å². The summed E-state index contributed by atoms with van der Waals surface area (Å²) in [7, 11) is 1.35. The number of hydrogen-bond acceptors (Lipinski definition) is 4. The SMILES string of the molecule is COC(=O)C(Br)CNOC(C)C. The molecule has 0 spiro atoms. The van der Waals surface area contributed by atoms with Crippen molar-refractivity contribution in [1.29, 1.82) is 0 Å². The number of carbonyl (C=O) groups is 1. The minimum absolute atomic E-state index is 0.0994. The number of hydroxylamine groups is 1. The predicted octanol–water partition coefficient (Wildman–Crippen LogP) is 0.853. The molecule has 1 atom stereocenters. The van der Waals surface area contributed by atoms with Crippen molar-refractivity contribution in [3.8, 4) is 0 Å². The van der Waals surface area contributed by atoms with Gasteiger partial charge in [-0.2, -0.15) is 0 Å². The molecular weight excluding hydrogens is 226 g/mol. The second-order valence-corrected chi connectivity index (χ2v) is 3.61. The molecule has 1 N–H and O–H groups in total. The zero-order chi connectivity index (χ0) is 9.56. The van der Waals surface area contributed by atoms with E-state index >= 15 is 0 Å². The fraction of sp³-hybridized carbons (Fsp3) is 0.857. The van der Waals surface area contributed by atoms with Crippen LogP contribution in [-0.2, 0) is 14.4 Å². The van der Waals surface area contributed by atoms with Crippen molar-refractivity contribution >= 4 is 21.9 Å². The van der Waals surface area contributed by atoms with E-state index in [2.05, 4.69) is 26.1 Å². The molecule has 0 aromatic carbocycles. The van der Waals surface area contributed by atoms with Crippen molar-refractivity contribution in [2.45, 2.75) is 24.8 Å². The van der Waals surface area contributed by atoms with Gasteiger partial charge in [0.2, 0.25) is 0 Å². The van der Waals surface area contributed by atoms with Gasteiger partial charge in [-0.05, 0) is 13.8 Å². The van der Waals surface area contributed by atoms with Crippen molar-refractivity contribution in [3.05, 3.63) is 0 Å². The molecule has 0 radical (unpaired) electrons. The van der Waals surface area contributed by atoms with Gasteiger partial charge in [0.15, 0.2) is 0 Å². The molecule has 4 nitrogen and oxygen atoms in total. The average Bonchev–Trinajstić information content (AvgIpc) is 2.02. The Hall–Kier alpha value is -0.130. The van der Waals surface area contributed by atoms with E-state index in [4.69, 9.17) is 4.84 Å². The van der Waals surface area contributed by atoms with Gasteiger partial charge in [0.1, 0.15) is 4.83 Å². The number of carbonyl (C=O) groups excluding carboxylic acids is 1. The highest BCUT2D eigenvalue weighted by Crippen LogP contribution is 1.99. The molecule has 0 heterocycles. The summed E-state index contributed by atoms with van der Waals surface area (Å²) in [6, 6.07) is 0. The zero-order valence-electron chi connectivity index (χ0n) is 7.46. The molecule has 0 fully saturated rings. The van der Waals surface area contributed by atoms with Crippen LogP contribution < -0.4 is 5.48 Å². The number of esters is 1. The molecule has 0 saturated carbocycles. The van der Waals surface area contributed by atoms with Crippen LogP contribution in [0.25, 0.3) is 0 Å². The fourth-order valence-electron chi connectivity index (χ4n) is 0.499. The van der Waals surface area contributed by atoms with Crippen LogP contribution in [0.5, 0.6) is 0 Å². The summed E-state index contributed by atoms with van der Waals surface area (Å²) < 4.78 is 4.49. The van der Waals surface area contributed by atoms with Crippen molar-refractivity contribution in [2.75, 3.05) is 13.7 Å². The lowest BCUT2D eigenvalue weighted by atomic mass is 10.4. The van der Waals surface area contributed by atoms with E-state index in [9.17, 15) is 4.79 Å². The lowest BCUT2D eigenvalue weighted by Crippen LogP contribution is -2.31. The molecule has 0 saturated heterocycles. The van der Waals surface area contributed by atoms with Crippen LogP contribution in [0.1, 0.15) is 13.8 Å². The second kappa shape index (κ2) is 6.39. The first-order valence-corrected chi connectivity index (χ1v) is 4.60. The molecule has 72 valence electrons. The number of hydrogen-bond donors (Lipinski definition) is 1. The maximum absolute atomic E-state index is 10.8. The van der Waals surface area contributed by atoms with Gasteiger partial charge in [-0.3, -0.25) is 9.63 Å². The van der Waals surface area contributed by atoms with Crippen molar-refractivity contribution in [3.63, 3.8) is 0 Å². The molecule has 0 rings (SSSR count). The van der Waals surface area contributed by atoms with E-state index in [-0.39, 0.29) is 16.9 Å². The standard InChI is InChI=1S/C7H14BrNO3/c1-5(2)12-9-4-6(8)7(10)11-3/h5-6,9H,4H2,1-3H3. The summed E-state index contributed by atoms with van der Waals surface area (Å²) in [5, 5.41) is 0. The molecule has 0 aromatic heterocycles. The van der Waals surface area contributed by atoms with Crippen molar-refractivity contribution in [2.24, 2.45) is 0 Å². The highest BCUT2D eigenvalue weighted by atomic mass is 79.9. The Balaban J connectivity index is 3.43. The van der Waals surface area contributed by atoms with Crippen LogP contribution in [0.2, 0.25) is 0 Å². The fourth-order valence-corrected chi connectivity index (χ4v) is 0.818.